The first-order valence-electron chi connectivity index (χ1n) is 11.2. The van der Waals surface area contributed by atoms with E-state index >= 15 is 0 Å². The van der Waals surface area contributed by atoms with Crippen LogP contribution < -0.4 is 4.74 Å². The summed E-state index contributed by atoms with van der Waals surface area (Å²) in [6, 6.07) is 17.5. The molecule has 1 aliphatic rings. The van der Waals surface area contributed by atoms with E-state index in [0.29, 0.717) is 29.4 Å². The molecule has 0 aromatic heterocycles. The van der Waals surface area contributed by atoms with Gasteiger partial charge < -0.3 is 4.74 Å². The van der Waals surface area contributed by atoms with E-state index in [-0.39, 0.29) is 11.8 Å². The summed E-state index contributed by atoms with van der Waals surface area (Å²) in [4.78, 5) is 28.4. The summed E-state index contributed by atoms with van der Waals surface area (Å²) < 4.78 is 5.67. The van der Waals surface area contributed by atoms with Gasteiger partial charge in [0.2, 0.25) is 0 Å². The van der Waals surface area contributed by atoms with E-state index in [1.165, 1.54) is 16.7 Å². The third kappa shape index (κ3) is 6.01. The summed E-state index contributed by atoms with van der Waals surface area (Å²) in [7, 11) is 0. The minimum absolute atomic E-state index is 0.163. The summed E-state index contributed by atoms with van der Waals surface area (Å²) in [5, 5.41) is 0. The van der Waals surface area contributed by atoms with Crippen LogP contribution >= 0.6 is 11.8 Å². The second-order valence-corrected chi connectivity index (χ2v) is 8.66. The average molecular weight is 438 g/mol. The van der Waals surface area contributed by atoms with Crippen LogP contribution in [0.4, 0.5) is 0 Å². The van der Waals surface area contributed by atoms with Gasteiger partial charge in [-0.2, -0.15) is 0 Å². The van der Waals surface area contributed by atoms with Crippen molar-refractivity contribution in [2.45, 2.75) is 51.7 Å². The zero-order valence-corrected chi connectivity index (χ0v) is 19.2. The van der Waals surface area contributed by atoms with Gasteiger partial charge in [0, 0.05) is 12.3 Å². The summed E-state index contributed by atoms with van der Waals surface area (Å²) in [6.07, 6.45) is 5.05. The van der Waals surface area contributed by atoms with E-state index in [1.54, 1.807) is 0 Å². The first kappa shape index (κ1) is 23.1. The number of thioether (sulfide) groups is 1. The topological polar surface area (TPSA) is 46.6 Å². The molecule has 0 fully saturated rings. The molecule has 5 heteroatoms. The zero-order chi connectivity index (χ0) is 22.1. The average Bonchev–Trinajstić information content (AvgIpc) is 3.04. The van der Waals surface area contributed by atoms with Gasteiger partial charge in [-0.25, -0.2) is 0 Å². The fourth-order valence-electron chi connectivity index (χ4n) is 3.51. The van der Waals surface area contributed by atoms with E-state index in [0.717, 1.165) is 49.0 Å². The van der Waals surface area contributed by atoms with Crippen molar-refractivity contribution in [2.75, 3.05) is 13.2 Å². The minimum Gasteiger partial charge on any atom is -0.494 e. The third-order valence-electron chi connectivity index (χ3n) is 5.20. The minimum atomic E-state index is -0.181. The number of unbranched alkanes of at least 4 members (excludes halogenated alkanes) is 3. The molecule has 0 aliphatic carbocycles. The third-order valence-corrected chi connectivity index (χ3v) is 6.35. The number of carbonyl (C=O) groups excluding carboxylic acids is 2. The van der Waals surface area contributed by atoms with Crippen molar-refractivity contribution in [3.8, 4) is 5.75 Å². The molecule has 2 aromatic rings. The fraction of sp³-hybridized carbons (Fsp3) is 0.385. The quantitative estimate of drug-likeness (QED) is 0.299. The highest BCUT2D eigenvalue weighted by molar-refractivity contribution is 8.03. The first-order valence-corrected chi connectivity index (χ1v) is 12.1. The zero-order valence-electron chi connectivity index (χ0n) is 18.4. The molecule has 1 aliphatic heterocycles. The Morgan fingerprint density at radius 2 is 1.58 bits per heavy atom. The van der Waals surface area contributed by atoms with Crippen LogP contribution in [0.15, 0.2) is 59.5 Å². The molecular formula is C26H31NO3S. The van der Waals surface area contributed by atoms with Gasteiger partial charge in [-0.15, -0.1) is 11.8 Å². The summed E-state index contributed by atoms with van der Waals surface area (Å²) in [5.74, 6) is 1.08. The van der Waals surface area contributed by atoms with Crippen molar-refractivity contribution in [2.24, 2.45) is 0 Å². The van der Waals surface area contributed by atoms with E-state index in [1.807, 2.05) is 54.6 Å². The van der Waals surface area contributed by atoms with Gasteiger partial charge in [0.05, 0.1) is 17.1 Å². The molecule has 0 saturated heterocycles. The number of rotatable bonds is 12. The van der Waals surface area contributed by atoms with Crippen molar-refractivity contribution < 1.29 is 14.3 Å². The Balaban J connectivity index is 1.83. The smallest absolute Gasteiger partial charge is 0.267 e. The number of ether oxygens (including phenoxy) is 1. The van der Waals surface area contributed by atoms with Crippen LogP contribution in [0.5, 0.6) is 5.75 Å². The normalized spacial score (nSPS) is 13.9. The summed E-state index contributed by atoms with van der Waals surface area (Å²) >= 11 is 1.45. The molecule has 0 radical (unpaired) electrons. The van der Waals surface area contributed by atoms with Gasteiger partial charge in [0.15, 0.2) is 0 Å². The highest BCUT2D eigenvalue weighted by Crippen LogP contribution is 2.38. The largest absolute Gasteiger partial charge is 0.494 e. The molecular weight excluding hydrogens is 406 g/mol. The van der Waals surface area contributed by atoms with Crippen LogP contribution in [0.25, 0.3) is 5.57 Å². The van der Waals surface area contributed by atoms with Crippen molar-refractivity contribution in [1.82, 2.24) is 4.90 Å². The maximum Gasteiger partial charge on any atom is 0.267 e. The predicted molar refractivity (Wildman–Crippen MR) is 128 cm³/mol. The Morgan fingerprint density at radius 3 is 2.26 bits per heavy atom. The second kappa shape index (κ2) is 11.8. The van der Waals surface area contributed by atoms with E-state index in [4.69, 9.17) is 4.74 Å². The molecule has 0 spiro atoms. The first-order chi connectivity index (χ1) is 15.2. The van der Waals surface area contributed by atoms with Crippen LogP contribution in [-0.4, -0.2) is 29.9 Å². The number of nitrogens with zero attached hydrogens (tertiary/aromatic N) is 1. The number of benzene rings is 2. The Labute approximate surface area is 189 Å². The molecule has 4 nitrogen and oxygen atoms in total. The van der Waals surface area contributed by atoms with Gasteiger partial charge in [0.1, 0.15) is 5.75 Å². The molecule has 31 heavy (non-hydrogen) atoms. The summed E-state index contributed by atoms with van der Waals surface area (Å²) in [6.45, 7) is 5.35. The molecule has 2 amide bonds. The fourth-order valence-corrected chi connectivity index (χ4v) is 4.60. The van der Waals surface area contributed by atoms with Crippen molar-refractivity contribution in [3.63, 3.8) is 0 Å². The van der Waals surface area contributed by atoms with Crippen LogP contribution in [0.2, 0.25) is 0 Å². The maximum atomic E-state index is 13.3. The van der Waals surface area contributed by atoms with Gasteiger partial charge in [-0.3, -0.25) is 14.5 Å². The number of hydrogen-bond donors (Lipinski definition) is 0. The van der Waals surface area contributed by atoms with E-state index in [2.05, 4.69) is 13.8 Å². The lowest BCUT2D eigenvalue weighted by Gasteiger charge is -2.15. The van der Waals surface area contributed by atoms with Crippen LogP contribution in [-0.2, 0) is 15.3 Å². The predicted octanol–water partition coefficient (Wildman–Crippen LogP) is 6.07. The SMILES string of the molecule is CCCCCCN1C(=O)C(SCc2ccccc2)=C(c2ccc(OCCC)cc2)C1=O. The van der Waals surface area contributed by atoms with E-state index < -0.39 is 0 Å². The van der Waals surface area contributed by atoms with Crippen LogP contribution in [0.3, 0.4) is 0 Å². The molecule has 1 heterocycles. The van der Waals surface area contributed by atoms with Crippen molar-refractivity contribution in [1.29, 1.82) is 0 Å². The highest BCUT2D eigenvalue weighted by atomic mass is 32.2. The lowest BCUT2D eigenvalue weighted by atomic mass is 10.1. The van der Waals surface area contributed by atoms with E-state index in [9.17, 15) is 9.59 Å². The van der Waals surface area contributed by atoms with Gasteiger partial charge in [-0.05, 0) is 36.1 Å². The molecule has 0 N–H and O–H groups in total. The molecule has 164 valence electrons. The Hall–Kier alpha value is -2.53. The van der Waals surface area contributed by atoms with Crippen LogP contribution in [0, 0.1) is 0 Å². The molecule has 0 atom stereocenters. The maximum absolute atomic E-state index is 13.3. The summed E-state index contributed by atoms with van der Waals surface area (Å²) in [5.41, 5.74) is 2.42. The number of carbonyl (C=O) groups is 2. The number of imide groups is 1. The standard InChI is InChI=1S/C26H31NO3S/c1-3-5-6-10-17-27-25(28)23(21-13-15-22(16-14-21)30-18-4-2)24(26(27)29)31-19-20-11-8-7-9-12-20/h7-9,11-16H,3-6,10,17-19H2,1-2H3. The lowest BCUT2D eigenvalue weighted by Crippen LogP contribution is -2.32. The van der Waals surface area contributed by atoms with Crippen molar-refractivity contribution in [3.05, 3.63) is 70.6 Å². The highest BCUT2D eigenvalue weighted by Gasteiger charge is 2.38. The van der Waals surface area contributed by atoms with Crippen molar-refractivity contribution >= 4 is 29.1 Å². The lowest BCUT2D eigenvalue weighted by molar-refractivity contribution is -0.136. The Bertz CT molecular complexity index is 906. The van der Waals surface area contributed by atoms with Gasteiger partial charge >= 0.3 is 0 Å². The monoisotopic (exact) mass is 437 g/mol. The Morgan fingerprint density at radius 1 is 0.839 bits per heavy atom. The number of amides is 2. The molecule has 0 bridgehead atoms. The second-order valence-electron chi connectivity index (χ2n) is 7.67. The van der Waals surface area contributed by atoms with Gasteiger partial charge in [0.25, 0.3) is 11.8 Å². The molecule has 3 rings (SSSR count). The Kier molecular flexibility index (Phi) is 8.77. The molecule has 2 aromatic carbocycles. The molecule has 0 unspecified atom stereocenters. The van der Waals surface area contributed by atoms with Gasteiger partial charge in [-0.1, -0.05) is 75.6 Å². The van der Waals surface area contributed by atoms with Crippen LogP contribution in [0.1, 0.15) is 57.1 Å². The molecule has 0 saturated carbocycles. The number of hydrogen-bond acceptors (Lipinski definition) is 4.